The molecule has 1 aromatic carbocycles. The molecular formula is C31H45ClN3NaO10S. The van der Waals surface area contributed by atoms with Gasteiger partial charge in [0.05, 0.1) is 12.6 Å². The fourth-order valence-corrected chi connectivity index (χ4v) is 6.79. The topological polar surface area (TPSA) is 189 Å². The Morgan fingerprint density at radius 1 is 1.04 bits per heavy atom. The minimum absolute atomic E-state index is 0. The van der Waals surface area contributed by atoms with Gasteiger partial charge in [0, 0.05) is 17.5 Å². The van der Waals surface area contributed by atoms with Gasteiger partial charge >= 0.3 is 41.8 Å². The molecule has 2 fully saturated rings. The van der Waals surface area contributed by atoms with Crippen LogP contribution in [0, 0.1) is 11.8 Å². The Labute approximate surface area is 304 Å². The maximum Gasteiger partial charge on any atom is 1.00 e. The third-order valence-electron chi connectivity index (χ3n) is 8.23. The summed E-state index contributed by atoms with van der Waals surface area (Å²) in [6.45, 7) is 2.17. The molecule has 4 atom stereocenters. The Hall–Kier alpha value is -2.10. The molecule has 0 aromatic heterocycles. The van der Waals surface area contributed by atoms with Crippen LogP contribution in [0.25, 0.3) is 0 Å². The summed E-state index contributed by atoms with van der Waals surface area (Å²) in [4.78, 5) is 51.5. The van der Waals surface area contributed by atoms with Crippen molar-refractivity contribution in [2.45, 2.75) is 108 Å². The van der Waals surface area contributed by atoms with Crippen molar-refractivity contribution < 1.29 is 75.9 Å². The monoisotopic (exact) mass is 709 g/mol. The van der Waals surface area contributed by atoms with Crippen molar-refractivity contribution in [1.29, 1.82) is 0 Å². The summed E-state index contributed by atoms with van der Waals surface area (Å²) in [5.41, 5.74) is -1.75. The number of ether oxygens (including phenoxy) is 3. The number of carbonyl (C=O) groups excluding carboxylic acids is 4. The maximum absolute atomic E-state index is 13.8. The van der Waals surface area contributed by atoms with Gasteiger partial charge in [0.25, 0.3) is 0 Å². The Kier molecular flexibility index (Phi) is 18.4. The van der Waals surface area contributed by atoms with Crippen LogP contribution in [0.3, 0.4) is 0 Å². The summed E-state index contributed by atoms with van der Waals surface area (Å²) in [7, 11) is -5.36. The molecule has 0 radical (unpaired) electrons. The van der Waals surface area contributed by atoms with Gasteiger partial charge in [-0.1, -0.05) is 82.0 Å². The van der Waals surface area contributed by atoms with Gasteiger partial charge < -0.3 is 34.7 Å². The quantitative estimate of drug-likeness (QED) is 0.0926. The number of nitrogens with one attached hydrogen (secondary N) is 3. The van der Waals surface area contributed by atoms with Gasteiger partial charge in [-0.05, 0) is 49.3 Å². The van der Waals surface area contributed by atoms with Crippen LogP contribution < -0.4 is 45.5 Å². The van der Waals surface area contributed by atoms with Crippen molar-refractivity contribution in [3.8, 4) is 0 Å². The fraction of sp³-hybridized carbons (Fsp3) is 0.677. The molecule has 1 saturated carbocycles. The van der Waals surface area contributed by atoms with E-state index in [0.717, 1.165) is 51.4 Å². The molecule has 1 aromatic rings. The SMILES string of the molecule is CCCCCCOC(=O)OC([C@H](C[C@@H]1CCNC1=O)NC(=O)[C@H](CC1CCCCC1)NC(=O)OCc1cccc(Cl)c1)S(=O)(=O)[O-].[Na+]. The van der Waals surface area contributed by atoms with E-state index in [2.05, 4.69) is 16.0 Å². The Balaban J connectivity index is 0.00000768. The molecule has 2 aliphatic rings. The van der Waals surface area contributed by atoms with Crippen LogP contribution in [-0.2, 0) is 40.5 Å². The predicted molar refractivity (Wildman–Crippen MR) is 167 cm³/mol. The molecule has 1 aliphatic heterocycles. The summed E-state index contributed by atoms with van der Waals surface area (Å²) < 4.78 is 52.6. The first kappa shape index (κ1) is 41.1. The second-order valence-corrected chi connectivity index (χ2v) is 13.8. The zero-order chi connectivity index (χ0) is 33.5. The number of halogens is 1. The van der Waals surface area contributed by atoms with Gasteiger partial charge in [-0.25, -0.2) is 18.0 Å². The third-order valence-corrected chi connectivity index (χ3v) is 9.46. The van der Waals surface area contributed by atoms with Gasteiger partial charge in [-0.15, -0.1) is 0 Å². The van der Waals surface area contributed by atoms with E-state index in [4.69, 9.17) is 25.8 Å². The smallest absolute Gasteiger partial charge is 0.745 e. The van der Waals surface area contributed by atoms with E-state index in [0.29, 0.717) is 30.0 Å². The van der Waals surface area contributed by atoms with Gasteiger partial charge in [0.15, 0.2) is 0 Å². The van der Waals surface area contributed by atoms with E-state index >= 15 is 0 Å². The number of hydrogen-bond acceptors (Lipinski definition) is 10. The minimum Gasteiger partial charge on any atom is -0.745 e. The molecule has 3 amide bonds. The average Bonchev–Trinajstić information content (AvgIpc) is 3.41. The van der Waals surface area contributed by atoms with Gasteiger partial charge in [0.1, 0.15) is 22.8 Å². The molecule has 1 saturated heterocycles. The zero-order valence-corrected chi connectivity index (χ0v) is 30.7. The normalized spacial score (nSPS) is 18.5. The number of benzene rings is 1. The van der Waals surface area contributed by atoms with E-state index < -0.39 is 51.7 Å². The van der Waals surface area contributed by atoms with Crippen LogP contribution in [0.2, 0.25) is 5.02 Å². The van der Waals surface area contributed by atoms with Crippen molar-refractivity contribution in [3.63, 3.8) is 0 Å². The van der Waals surface area contributed by atoms with Crippen LogP contribution in [0.1, 0.15) is 89.5 Å². The minimum atomic E-state index is -5.36. The van der Waals surface area contributed by atoms with E-state index in [9.17, 15) is 32.1 Å². The molecule has 0 spiro atoms. The molecule has 0 bridgehead atoms. The molecule has 3 N–H and O–H groups in total. The van der Waals surface area contributed by atoms with E-state index in [1.165, 1.54) is 0 Å². The van der Waals surface area contributed by atoms with Crippen LogP contribution >= 0.6 is 11.6 Å². The van der Waals surface area contributed by atoms with Crippen LogP contribution in [-0.4, -0.2) is 67.7 Å². The summed E-state index contributed by atoms with van der Waals surface area (Å²) in [6, 6.07) is 3.95. The molecule has 1 unspecified atom stereocenters. The van der Waals surface area contributed by atoms with Crippen LogP contribution in [0.5, 0.6) is 0 Å². The largest absolute Gasteiger partial charge is 1.00 e. The first-order valence-corrected chi connectivity index (χ1v) is 17.8. The molecule has 258 valence electrons. The average molecular weight is 710 g/mol. The Bertz CT molecular complexity index is 1280. The molecule has 47 heavy (non-hydrogen) atoms. The molecule has 3 rings (SSSR count). The van der Waals surface area contributed by atoms with Gasteiger partial charge in [-0.3, -0.25) is 9.59 Å². The van der Waals surface area contributed by atoms with Gasteiger partial charge in [0.2, 0.25) is 17.3 Å². The predicted octanol–water partition coefficient (Wildman–Crippen LogP) is 1.53. The zero-order valence-electron chi connectivity index (χ0n) is 27.2. The Morgan fingerprint density at radius 3 is 2.43 bits per heavy atom. The van der Waals surface area contributed by atoms with Crippen molar-refractivity contribution in [2.24, 2.45) is 11.8 Å². The maximum atomic E-state index is 13.8. The molecular weight excluding hydrogens is 665 g/mol. The van der Waals surface area contributed by atoms with Crippen molar-refractivity contribution in [3.05, 3.63) is 34.9 Å². The van der Waals surface area contributed by atoms with E-state index in [-0.39, 0.29) is 67.4 Å². The molecule has 1 aliphatic carbocycles. The van der Waals surface area contributed by atoms with Crippen LogP contribution in [0.4, 0.5) is 9.59 Å². The summed E-state index contributed by atoms with van der Waals surface area (Å²) in [5, 5.41) is 8.19. The number of hydrogen-bond donors (Lipinski definition) is 3. The standard InChI is InChI=1S/C31H46ClN3O10S.Na/c1-2-3-4-8-16-43-31(39)45-29(46(40,41)42)26(19-23-14-15-33-27(23)36)34-28(37)25(18-21-10-6-5-7-11-21)35-30(38)44-20-22-12-9-13-24(32)17-22;/h9,12-13,17,21,23,25-26,29H,2-8,10-11,14-16,18-20H2,1H3,(H,33,36)(H,34,37)(H,35,38)(H,40,41,42);/q;+1/p-1/t23-,25-,26-,29?;/m0./s1. The first-order valence-electron chi connectivity index (χ1n) is 16.0. The molecule has 1 heterocycles. The van der Waals surface area contributed by atoms with Crippen LogP contribution in [0.15, 0.2) is 24.3 Å². The number of rotatable bonds is 17. The number of amides is 3. The van der Waals surface area contributed by atoms with Crippen molar-refractivity contribution in [2.75, 3.05) is 13.2 Å². The van der Waals surface area contributed by atoms with Crippen molar-refractivity contribution >= 4 is 45.8 Å². The molecule has 13 nitrogen and oxygen atoms in total. The number of carbonyl (C=O) groups is 4. The third kappa shape index (κ3) is 14.9. The first-order chi connectivity index (χ1) is 22.0. The number of unbranched alkanes of at least 4 members (excludes halogenated alkanes) is 3. The summed E-state index contributed by atoms with van der Waals surface area (Å²) in [6.07, 6.45) is 5.78. The number of alkyl carbamates (subject to hydrolysis) is 1. The Morgan fingerprint density at radius 2 is 1.79 bits per heavy atom. The summed E-state index contributed by atoms with van der Waals surface area (Å²) >= 11 is 6.01. The van der Waals surface area contributed by atoms with E-state index in [1.807, 2.05) is 6.92 Å². The van der Waals surface area contributed by atoms with Gasteiger partial charge in [-0.2, -0.15) is 0 Å². The second kappa shape index (κ2) is 21.1. The molecule has 16 heteroatoms. The van der Waals surface area contributed by atoms with Crippen molar-refractivity contribution in [1.82, 2.24) is 16.0 Å². The summed E-state index contributed by atoms with van der Waals surface area (Å²) in [5.74, 6) is -1.86. The second-order valence-electron chi connectivity index (χ2n) is 11.9. The van der Waals surface area contributed by atoms with E-state index in [1.54, 1.807) is 24.3 Å². The fourth-order valence-electron chi connectivity index (χ4n) is 5.80.